The number of fused-ring (bicyclic) bond motifs is 1. The SMILES string of the molecule is CCc1c(N2CC(NC)C2)c(=O)n2nc(C3=CCOCC3)nc2n1CC(=O)Nc1ccc(C(F)(F)F)cc1Cl. The van der Waals surface area contributed by atoms with E-state index in [1.807, 2.05) is 24.9 Å². The molecule has 2 aliphatic heterocycles. The van der Waals surface area contributed by atoms with Crippen molar-refractivity contribution in [3.8, 4) is 0 Å². The zero-order chi connectivity index (χ0) is 27.9. The lowest BCUT2D eigenvalue weighted by Gasteiger charge is -2.41. The number of aromatic nitrogens is 4. The van der Waals surface area contributed by atoms with Gasteiger partial charge in [0.2, 0.25) is 11.7 Å². The summed E-state index contributed by atoms with van der Waals surface area (Å²) in [7, 11) is 1.85. The molecule has 1 saturated heterocycles. The van der Waals surface area contributed by atoms with Crippen LogP contribution in [0, 0.1) is 0 Å². The highest BCUT2D eigenvalue weighted by molar-refractivity contribution is 6.33. The molecule has 0 saturated carbocycles. The maximum Gasteiger partial charge on any atom is 0.416 e. The summed E-state index contributed by atoms with van der Waals surface area (Å²) in [6.45, 7) is 3.76. The molecule has 14 heteroatoms. The van der Waals surface area contributed by atoms with Crippen LogP contribution < -0.4 is 21.1 Å². The average Bonchev–Trinajstić information content (AvgIpc) is 3.33. The Hall–Kier alpha value is -3.42. The number of benzene rings is 1. The lowest BCUT2D eigenvalue weighted by atomic mass is 10.1. The molecule has 1 aromatic carbocycles. The van der Waals surface area contributed by atoms with Gasteiger partial charge in [-0.3, -0.25) is 9.59 Å². The molecule has 2 aliphatic rings. The molecule has 2 aromatic heterocycles. The number of nitrogens with one attached hydrogen (secondary N) is 2. The van der Waals surface area contributed by atoms with E-state index in [0.29, 0.717) is 56.4 Å². The number of alkyl halides is 3. The zero-order valence-electron chi connectivity index (χ0n) is 21.3. The smallest absolute Gasteiger partial charge is 0.377 e. The van der Waals surface area contributed by atoms with E-state index in [4.69, 9.17) is 16.3 Å². The van der Waals surface area contributed by atoms with Crippen LogP contribution in [0.4, 0.5) is 24.5 Å². The molecule has 1 amide bonds. The molecule has 5 rings (SSSR count). The van der Waals surface area contributed by atoms with Crippen LogP contribution >= 0.6 is 11.6 Å². The van der Waals surface area contributed by atoms with E-state index < -0.39 is 17.6 Å². The molecule has 1 fully saturated rings. The van der Waals surface area contributed by atoms with Gasteiger partial charge >= 0.3 is 6.18 Å². The number of halogens is 4. The standard InChI is InChI=1S/C25H27ClF3N7O3/c1-3-19-21(34-11-16(12-34)30-2)23(38)36-24(32-22(33-36)14-6-8-39-9-7-14)35(19)13-20(37)31-18-5-4-15(10-17(18)26)25(27,28)29/h4-6,10,16,30H,3,7-9,11-13H2,1-2H3,(H,31,37). The predicted octanol–water partition coefficient (Wildman–Crippen LogP) is 2.98. The predicted molar refractivity (Wildman–Crippen MR) is 140 cm³/mol. The van der Waals surface area contributed by atoms with Gasteiger partial charge in [0.15, 0.2) is 5.82 Å². The van der Waals surface area contributed by atoms with Gasteiger partial charge in [0, 0.05) is 19.1 Å². The van der Waals surface area contributed by atoms with Crippen LogP contribution in [0.3, 0.4) is 0 Å². The topological polar surface area (TPSA) is 106 Å². The van der Waals surface area contributed by atoms with Crippen molar-refractivity contribution in [3.63, 3.8) is 0 Å². The molecular weight excluding hydrogens is 539 g/mol. The summed E-state index contributed by atoms with van der Waals surface area (Å²) >= 11 is 6.05. The van der Waals surface area contributed by atoms with Crippen molar-refractivity contribution in [2.45, 2.75) is 38.5 Å². The number of likely N-dealkylation sites (N-methyl/N-ethyl adjacent to an activating group) is 1. The number of hydrogen-bond donors (Lipinski definition) is 2. The third kappa shape index (κ3) is 5.25. The molecule has 0 bridgehead atoms. The van der Waals surface area contributed by atoms with E-state index in [1.165, 1.54) is 4.52 Å². The number of ether oxygens (including phenoxy) is 1. The van der Waals surface area contributed by atoms with Gasteiger partial charge in [-0.05, 0) is 43.7 Å². The molecule has 0 atom stereocenters. The second kappa shape index (κ2) is 10.6. The molecule has 0 radical (unpaired) electrons. The molecule has 10 nitrogen and oxygen atoms in total. The van der Waals surface area contributed by atoms with Gasteiger partial charge in [0.25, 0.3) is 5.56 Å². The Morgan fingerprint density at radius 2 is 2.05 bits per heavy atom. The Morgan fingerprint density at radius 3 is 2.67 bits per heavy atom. The van der Waals surface area contributed by atoms with Crippen molar-refractivity contribution >= 4 is 40.2 Å². The first kappa shape index (κ1) is 27.2. The minimum absolute atomic E-state index is 0.0409. The van der Waals surface area contributed by atoms with Crippen LogP contribution in [0.15, 0.2) is 29.1 Å². The van der Waals surface area contributed by atoms with Crippen molar-refractivity contribution in [1.82, 2.24) is 24.5 Å². The van der Waals surface area contributed by atoms with Crippen LogP contribution in [-0.2, 0) is 28.7 Å². The van der Waals surface area contributed by atoms with E-state index in [9.17, 15) is 22.8 Å². The first-order chi connectivity index (χ1) is 18.6. The van der Waals surface area contributed by atoms with Gasteiger partial charge in [0.05, 0.1) is 35.2 Å². The van der Waals surface area contributed by atoms with Crippen molar-refractivity contribution in [2.24, 2.45) is 0 Å². The monoisotopic (exact) mass is 565 g/mol. The third-order valence-corrected chi connectivity index (χ3v) is 7.20. The van der Waals surface area contributed by atoms with Crippen LogP contribution in [0.5, 0.6) is 0 Å². The van der Waals surface area contributed by atoms with Crippen molar-refractivity contribution < 1.29 is 22.7 Å². The Labute approximate surface area is 226 Å². The molecule has 3 aromatic rings. The summed E-state index contributed by atoms with van der Waals surface area (Å²) in [5, 5.41) is 10.0. The fourth-order valence-corrected chi connectivity index (χ4v) is 4.99. The third-order valence-electron chi connectivity index (χ3n) is 6.89. The number of nitrogens with zero attached hydrogens (tertiary/aromatic N) is 5. The van der Waals surface area contributed by atoms with Crippen molar-refractivity contribution in [3.05, 3.63) is 56.7 Å². The molecule has 0 unspecified atom stereocenters. The second-order valence-corrected chi connectivity index (χ2v) is 9.78. The van der Waals surface area contributed by atoms with E-state index in [2.05, 4.69) is 20.7 Å². The Kier molecular flexibility index (Phi) is 7.40. The van der Waals surface area contributed by atoms with Crippen LogP contribution in [0.2, 0.25) is 5.02 Å². The quantitative estimate of drug-likeness (QED) is 0.454. The highest BCUT2D eigenvalue weighted by Gasteiger charge is 2.33. The first-order valence-electron chi connectivity index (χ1n) is 12.5. The molecule has 0 aliphatic carbocycles. The zero-order valence-corrected chi connectivity index (χ0v) is 22.1. The Morgan fingerprint density at radius 1 is 1.28 bits per heavy atom. The normalized spacial score (nSPS) is 16.4. The van der Waals surface area contributed by atoms with Crippen LogP contribution in [0.1, 0.15) is 30.4 Å². The number of rotatable bonds is 7. The van der Waals surface area contributed by atoms with Crippen molar-refractivity contribution in [2.75, 3.05) is 43.6 Å². The highest BCUT2D eigenvalue weighted by atomic mass is 35.5. The number of anilines is 2. The van der Waals surface area contributed by atoms with Gasteiger partial charge < -0.3 is 24.8 Å². The fourth-order valence-electron chi connectivity index (χ4n) is 4.77. The Bertz CT molecular complexity index is 1510. The summed E-state index contributed by atoms with van der Waals surface area (Å²) < 4.78 is 47.3. The average molecular weight is 566 g/mol. The van der Waals surface area contributed by atoms with Crippen molar-refractivity contribution in [1.29, 1.82) is 0 Å². The van der Waals surface area contributed by atoms with Gasteiger partial charge in [-0.1, -0.05) is 24.6 Å². The number of carbonyl (C=O) groups is 1. The largest absolute Gasteiger partial charge is 0.416 e. The minimum Gasteiger partial charge on any atom is -0.377 e. The Balaban J connectivity index is 1.55. The van der Waals surface area contributed by atoms with Gasteiger partial charge in [-0.25, -0.2) is 0 Å². The van der Waals surface area contributed by atoms with Crippen LogP contribution in [-0.4, -0.2) is 64.5 Å². The molecular formula is C25H27ClF3N7O3. The van der Waals surface area contributed by atoms with Crippen LogP contribution in [0.25, 0.3) is 11.4 Å². The number of carbonyl (C=O) groups excluding carboxylic acids is 1. The maximum atomic E-state index is 13.7. The van der Waals surface area contributed by atoms with E-state index in [1.54, 1.807) is 4.57 Å². The fraction of sp³-hybridized carbons (Fsp3) is 0.440. The lowest BCUT2D eigenvalue weighted by Crippen LogP contribution is -2.59. The lowest BCUT2D eigenvalue weighted by molar-refractivity contribution is -0.137. The maximum absolute atomic E-state index is 13.7. The first-order valence-corrected chi connectivity index (χ1v) is 12.9. The molecule has 4 heterocycles. The molecule has 39 heavy (non-hydrogen) atoms. The second-order valence-electron chi connectivity index (χ2n) is 9.37. The molecule has 2 N–H and O–H groups in total. The van der Waals surface area contributed by atoms with Gasteiger partial charge in [-0.15, -0.1) is 5.10 Å². The summed E-state index contributed by atoms with van der Waals surface area (Å²) in [5.41, 5.74) is 0.684. The summed E-state index contributed by atoms with van der Waals surface area (Å²) in [5.74, 6) is 0.0306. The number of hydrogen-bond acceptors (Lipinski definition) is 7. The van der Waals surface area contributed by atoms with Gasteiger partial charge in [-0.2, -0.15) is 22.7 Å². The highest BCUT2D eigenvalue weighted by Crippen LogP contribution is 2.34. The molecule has 208 valence electrons. The van der Waals surface area contributed by atoms with E-state index in [0.717, 1.165) is 23.8 Å². The summed E-state index contributed by atoms with van der Waals surface area (Å²) in [6.07, 6.45) is -1.69. The number of amides is 1. The minimum atomic E-state index is -4.56. The van der Waals surface area contributed by atoms with E-state index in [-0.39, 0.29) is 34.6 Å². The van der Waals surface area contributed by atoms with Gasteiger partial charge in [0.1, 0.15) is 12.2 Å². The van der Waals surface area contributed by atoms with E-state index >= 15 is 0 Å². The summed E-state index contributed by atoms with van der Waals surface area (Å²) in [6, 6.07) is 2.95. The molecule has 0 spiro atoms. The summed E-state index contributed by atoms with van der Waals surface area (Å²) in [4.78, 5) is 33.4.